The lowest BCUT2D eigenvalue weighted by molar-refractivity contribution is 0.0354. The van der Waals surface area contributed by atoms with Gasteiger partial charge in [-0.3, -0.25) is 9.36 Å². The van der Waals surface area contributed by atoms with Crippen LogP contribution < -0.4 is 4.74 Å². The summed E-state index contributed by atoms with van der Waals surface area (Å²) in [4.78, 5) is 26.6. The largest absolute Gasteiger partial charge is 0.503 e. The lowest BCUT2D eigenvalue weighted by atomic mass is 9.99. The normalized spacial score (nSPS) is 11.2. The molecule has 8 nitrogen and oxygen atoms in total. The van der Waals surface area contributed by atoms with Crippen LogP contribution >= 0.6 is 0 Å². The van der Waals surface area contributed by atoms with Crippen molar-refractivity contribution in [2.45, 2.75) is 20.8 Å². The van der Waals surface area contributed by atoms with Gasteiger partial charge in [0, 0.05) is 19.8 Å². The van der Waals surface area contributed by atoms with Crippen LogP contribution in [-0.2, 0) is 4.74 Å². The maximum atomic E-state index is 12.7. The van der Waals surface area contributed by atoms with Crippen molar-refractivity contribution in [1.29, 1.82) is 0 Å². The van der Waals surface area contributed by atoms with E-state index in [1.54, 1.807) is 24.3 Å². The molecule has 0 saturated carbocycles. The van der Waals surface area contributed by atoms with Gasteiger partial charge >= 0.3 is 5.97 Å². The first-order chi connectivity index (χ1) is 13.0. The molecule has 2 N–H and O–H groups in total. The number of carbonyl (C=O) groups is 2. The molecule has 8 heteroatoms. The van der Waals surface area contributed by atoms with Gasteiger partial charge in [-0.2, -0.15) is 0 Å². The number of benzene rings is 1. The molecule has 152 valence electrons. The highest BCUT2D eigenvalue weighted by molar-refractivity contribution is 6.02. The Balaban J connectivity index is 2.67. The average molecular weight is 390 g/mol. The van der Waals surface area contributed by atoms with Crippen LogP contribution in [-0.4, -0.2) is 59.4 Å². The molecule has 0 fully saturated rings. The Morgan fingerprint density at radius 2 is 1.57 bits per heavy atom. The summed E-state index contributed by atoms with van der Waals surface area (Å²) in [7, 11) is 4.52. The number of carbonyl (C=O) groups excluding carboxylic acids is 2. The van der Waals surface area contributed by atoms with E-state index in [4.69, 9.17) is 9.47 Å². The molecule has 0 aliphatic carbocycles. The Morgan fingerprint density at radius 3 is 2.04 bits per heavy atom. The van der Waals surface area contributed by atoms with Crippen LogP contribution in [0.4, 0.5) is 0 Å². The zero-order chi connectivity index (χ0) is 21.2. The van der Waals surface area contributed by atoms with Crippen molar-refractivity contribution in [3.63, 3.8) is 0 Å². The van der Waals surface area contributed by atoms with E-state index in [1.807, 2.05) is 20.8 Å². The van der Waals surface area contributed by atoms with E-state index < -0.39 is 23.4 Å². The number of amides is 1. The van der Waals surface area contributed by atoms with Gasteiger partial charge in [-0.1, -0.05) is 20.8 Å². The molecule has 0 unspecified atom stereocenters. The highest BCUT2D eigenvalue weighted by atomic mass is 16.5. The fourth-order valence-corrected chi connectivity index (χ4v) is 2.48. The van der Waals surface area contributed by atoms with Gasteiger partial charge in [0.2, 0.25) is 0 Å². The summed E-state index contributed by atoms with van der Waals surface area (Å²) >= 11 is 0. The zero-order valence-corrected chi connectivity index (χ0v) is 16.9. The molecule has 0 saturated heterocycles. The molecule has 28 heavy (non-hydrogen) atoms. The van der Waals surface area contributed by atoms with Gasteiger partial charge < -0.3 is 24.6 Å². The van der Waals surface area contributed by atoms with Gasteiger partial charge in [0.1, 0.15) is 5.75 Å². The molecule has 0 atom stereocenters. The summed E-state index contributed by atoms with van der Waals surface area (Å²) in [5.74, 6) is -2.26. The van der Waals surface area contributed by atoms with Gasteiger partial charge in [-0.25, -0.2) is 4.79 Å². The molecule has 2 aromatic rings. The molecule has 0 aliphatic rings. The Bertz CT molecular complexity index is 876. The number of hydrogen-bond donors (Lipinski definition) is 2. The van der Waals surface area contributed by atoms with Crippen molar-refractivity contribution >= 4 is 11.9 Å². The molecule has 0 spiro atoms. The number of rotatable bonds is 5. The molecule has 0 radical (unpaired) electrons. The van der Waals surface area contributed by atoms with Crippen molar-refractivity contribution in [2.24, 2.45) is 5.41 Å². The van der Waals surface area contributed by atoms with E-state index in [0.29, 0.717) is 11.4 Å². The zero-order valence-electron chi connectivity index (χ0n) is 16.9. The minimum absolute atomic E-state index is 0.0940. The second-order valence-corrected chi connectivity index (χ2v) is 7.76. The van der Waals surface area contributed by atoms with Crippen molar-refractivity contribution < 1.29 is 29.3 Å². The number of aromatic nitrogens is 1. The molecule has 1 aromatic carbocycles. The molecule has 1 amide bonds. The van der Waals surface area contributed by atoms with Gasteiger partial charge in [-0.15, -0.1) is 0 Å². The highest BCUT2D eigenvalue weighted by Crippen LogP contribution is 2.39. The van der Waals surface area contributed by atoms with Crippen LogP contribution in [0.3, 0.4) is 0 Å². The van der Waals surface area contributed by atoms with Gasteiger partial charge in [-0.05, 0) is 29.7 Å². The van der Waals surface area contributed by atoms with Crippen LogP contribution in [0.5, 0.6) is 17.2 Å². The van der Waals surface area contributed by atoms with E-state index in [2.05, 4.69) is 0 Å². The predicted molar refractivity (Wildman–Crippen MR) is 103 cm³/mol. The van der Waals surface area contributed by atoms with Gasteiger partial charge in [0.15, 0.2) is 22.9 Å². The monoisotopic (exact) mass is 390 g/mol. The fraction of sp³-hybridized carbons (Fsp3) is 0.400. The highest BCUT2D eigenvalue weighted by Gasteiger charge is 2.33. The topological polar surface area (TPSA) is 101 Å². The Morgan fingerprint density at radius 1 is 1.04 bits per heavy atom. The quantitative estimate of drug-likeness (QED) is 0.762. The third-order valence-electron chi connectivity index (χ3n) is 3.89. The molecule has 2 rings (SSSR count). The number of hydrogen-bond acceptors (Lipinski definition) is 6. The fourth-order valence-electron chi connectivity index (χ4n) is 2.48. The maximum Gasteiger partial charge on any atom is 0.359 e. The molecule has 0 aliphatic heterocycles. The van der Waals surface area contributed by atoms with E-state index in [-0.39, 0.29) is 23.4 Å². The Labute approximate surface area is 163 Å². The predicted octanol–water partition coefficient (Wildman–Crippen LogP) is 2.80. The van der Waals surface area contributed by atoms with Crippen LogP contribution in [0.1, 0.15) is 41.7 Å². The van der Waals surface area contributed by atoms with Crippen LogP contribution in [0.25, 0.3) is 5.69 Å². The minimum Gasteiger partial charge on any atom is -0.503 e. The number of methoxy groups -OCH3 is 1. The standard InChI is InChI=1S/C20H26N2O6/c1-20(2,3)11-28-19(26)15-17(24)16(23)14(18(25)21(4)5)22(15)12-7-9-13(27-6)10-8-12/h7-10,23-24H,11H2,1-6H3. The third-order valence-corrected chi connectivity index (χ3v) is 3.89. The van der Waals surface area contributed by atoms with E-state index >= 15 is 0 Å². The second-order valence-electron chi connectivity index (χ2n) is 7.76. The van der Waals surface area contributed by atoms with Crippen LogP contribution in [0, 0.1) is 5.41 Å². The first-order valence-corrected chi connectivity index (χ1v) is 8.67. The van der Waals surface area contributed by atoms with Crippen LogP contribution in [0.15, 0.2) is 24.3 Å². The number of ether oxygens (including phenoxy) is 2. The number of aromatic hydroxyl groups is 2. The summed E-state index contributed by atoms with van der Waals surface area (Å²) in [5.41, 5.74) is -0.482. The van der Waals surface area contributed by atoms with Crippen molar-refractivity contribution in [3.05, 3.63) is 35.7 Å². The Hall–Kier alpha value is -3.16. The summed E-state index contributed by atoms with van der Waals surface area (Å²) in [5, 5.41) is 20.8. The van der Waals surface area contributed by atoms with Crippen LogP contribution in [0.2, 0.25) is 0 Å². The third kappa shape index (κ3) is 4.21. The van der Waals surface area contributed by atoms with Crippen molar-refractivity contribution in [2.75, 3.05) is 27.8 Å². The second kappa shape index (κ2) is 7.84. The number of esters is 1. The smallest absolute Gasteiger partial charge is 0.359 e. The lowest BCUT2D eigenvalue weighted by Gasteiger charge is -2.19. The van der Waals surface area contributed by atoms with Crippen molar-refractivity contribution in [3.8, 4) is 22.9 Å². The summed E-state index contributed by atoms with van der Waals surface area (Å²) < 4.78 is 11.6. The summed E-state index contributed by atoms with van der Waals surface area (Å²) in [6.07, 6.45) is 0. The maximum absolute atomic E-state index is 12.7. The summed E-state index contributed by atoms with van der Waals surface area (Å²) in [6.45, 7) is 5.76. The molecule has 1 heterocycles. The van der Waals surface area contributed by atoms with Crippen molar-refractivity contribution in [1.82, 2.24) is 9.47 Å². The Kier molecular flexibility index (Phi) is 5.92. The van der Waals surface area contributed by atoms with Gasteiger partial charge in [0.25, 0.3) is 5.91 Å². The van der Waals surface area contributed by atoms with Gasteiger partial charge in [0.05, 0.1) is 13.7 Å². The molecular weight excluding hydrogens is 364 g/mol. The SMILES string of the molecule is COc1ccc(-n2c(C(=O)OCC(C)(C)C)c(O)c(O)c2C(=O)N(C)C)cc1. The first-order valence-electron chi connectivity index (χ1n) is 8.67. The molecular formula is C20H26N2O6. The lowest BCUT2D eigenvalue weighted by Crippen LogP contribution is -2.26. The summed E-state index contributed by atoms with van der Waals surface area (Å²) in [6, 6.07) is 6.48. The van der Waals surface area contributed by atoms with E-state index in [0.717, 1.165) is 0 Å². The van der Waals surface area contributed by atoms with E-state index in [9.17, 15) is 19.8 Å². The molecule has 1 aromatic heterocycles. The average Bonchev–Trinajstić information content (AvgIpc) is 2.89. The van der Waals surface area contributed by atoms with E-state index in [1.165, 1.54) is 30.7 Å². The number of nitrogens with zero attached hydrogens (tertiary/aromatic N) is 2. The molecule has 0 bridgehead atoms. The first kappa shape index (κ1) is 21.1. The minimum atomic E-state index is -0.851.